The lowest BCUT2D eigenvalue weighted by atomic mass is 9.83. The number of piperidine rings is 1. The Bertz CT molecular complexity index is 519. The summed E-state index contributed by atoms with van der Waals surface area (Å²) in [5.41, 5.74) is 1.16. The molecule has 0 bridgehead atoms. The van der Waals surface area contributed by atoms with Crippen LogP contribution in [0.1, 0.15) is 19.8 Å². The molecule has 0 spiro atoms. The van der Waals surface area contributed by atoms with Gasteiger partial charge in [-0.1, -0.05) is 6.92 Å². The van der Waals surface area contributed by atoms with Crippen molar-refractivity contribution in [2.24, 2.45) is 10.6 Å². The first kappa shape index (κ1) is 14.3. The summed E-state index contributed by atoms with van der Waals surface area (Å²) >= 11 is 0. The number of nitrogens with one attached hydrogen (secondary N) is 2. The normalized spacial score (nSPS) is 24.1. The van der Waals surface area contributed by atoms with Gasteiger partial charge >= 0.3 is 0 Å². The summed E-state index contributed by atoms with van der Waals surface area (Å²) in [5, 5.41) is 11.8. The third-order valence-corrected chi connectivity index (χ3v) is 4.52. The second kappa shape index (κ2) is 5.48. The lowest BCUT2D eigenvalue weighted by Crippen LogP contribution is -2.42. The molecule has 1 aromatic rings. The van der Waals surface area contributed by atoms with E-state index in [1.807, 2.05) is 0 Å². The van der Waals surface area contributed by atoms with Crippen LogP contribution in [0, 0.1) is 5.41 Å². The highest BCUT2D eigenvalue weighted by Gasteiger charge is 2.26. The molecule has 0 radical (unpaired) electrons. The molecule has 0 amide bonds. The highest BCUT2D eigenvalue weighted by atomic mass is 32.2. The molecule has 0 saturated carbocycles. The molecule has 0 aliphatic carbocycles. The molecule has 106 valence electrons. The van der Waals surface area contributed by atoms with Crippen LogP contribution in [0.4, 0.5) is 5.69 Å². The van der Waals surface area contributed by atoms with Gasteiger partial charge in [0.15, 0.2) is 0 Å². The lowest BCUT2D eigenvalue weighted by molar-refractivity contribution is 0.253. The number of rotatable bonds is 4. The smallest absolute Gasteiger partial charge is 0.238 e. The molecule has 1 aliphatic rings. The van der Waals surface area contributed by atoms with E-state index in [2.05, 4.69) is 17.6 Å². The Hall–Kier alpha value is -1.11. The lowest BCUT2D eigenvalue weighted by Gasteiger charge is -2.34. The molecule has 19 heavy (non-hydrogen) atoms. The van der Waals surface area contributed by atoms with Gasteiger partial charge in [-0.15, -0.1) is 0 Å². The van der Waals surface area contributed by atoms with E-state index in [9.17, 15) is 8.42 Å². The van der Waals surface area contributed by atoms with Crippen LogP contribution < -0.4 is 15.8 Å². The number of hydrogen-bond acceptors (Lipinski definition) is 4. The van der Waals surface area contributed by atoms with Crippen molar-refractivity contribution in [3.8, 4) is 0 Å². The van der Waals surface area contributed by atoms with E-state index >= 15 is 0 Å². The van der Waals surface area contributed by atoms with E-state index in [-0.39, 0.29) is 10.3 Å². The predicted molar refractivity (Wildman–Crippen MR) is 76.5 cm³/mol. The van der Waals surface area contributed by atoms with Crippen molar-refractivity contribution in [3.63, 3.8) is 0 Å². The largest absolute Gasteiger partial charge is 0.384 e. The number of nitrogens with two attached hydrogens (primary N) is 1. The number of sulfonamides is 1. The van der Waals surface area contributed by atoms with Crippen LogP contribution in [-0.4, -0.2) is 28.1 Å². The third-order valence-electron chi connectivity index (χ3n) is 3.59. The molecular formula is C13H21N3O2S. The van der Waals surface area contributed by atoms with Crippen molar-refractivity contribution >= 4 is 15.7 Å². The molecule has 5 nitrogen and oxygen atoms in total. The molecule has 4 N–H and O–H groups in total. The summed E-state index contributed by atoms with van der Waals surface area (Å²) in [7, 11) is -3.60. The molecule has 6 heteroatoms. The molecular weight excluding hydrogens is 262 g/mol. The van der Waals surface area contributed by atoms with Gasteiger partial charge in [-0.05, 0) is 49.1 Å². The Morgan fingerprint density at radius 3 is 2.58 bits per heavy atom. The Morgan fingerprint density at radius 2 is 2.05 bits per heavy atom. The molecule has 1 aliphatic heterocycles. The van der Waals surface area contributed by atoms with Crippen LogP contribution in [0.15, 0.2) is 29.2 Å². The van der Waals surface area contributed by atoms with Gasteiger partial charge < -0.3 is 10.6 Å². The van der Waals surface area contributed by atoms with Gasteiger partial charge in [-0.3, -0.25) is 0 Å². The minimum Gasteiger partial charge on any atom is -0.384 e. The van der Waals surface area contributed by atoms with E-state index in [0.717, 1.165) is 25.3 Å². The van der Waals surface area contributed by atoms with Crippen LogP contribution in [0.5, 0.6) is 0 Å². The molecule has 1 atom stereocenters. The highest BCUT2D eigenvalue weighted by Crippen LogP contribution is 2.26. The highest BCUT2D eigenvalue weighted by molar-refractivity contribution is 7.89. The summed E-state index contributed by atoms with van der Waals surface area (Å²) in [6.45, 7) is 5.23. The van der Waals surface area contributed by atoms with Crippen LogP contribution in [0.25, 0.3) is 0 Å². The number of benzene rings is 1. The van der Waals surface area contributed by atoms with Gasteiger partial charge in [0.1, 0.15) is 0 Å². The van der Waals surface area contributed by atoms with Crippen LogP contribution in [-0.2, 0) is 10.0 Å². The third kappa shape index (κ3) is 3.92. The number of hydrogen-bond donors (Lipinski definition) is 3. The SMILES string of the molecule is CC1(CNc2ccc(S(N)(=O)=O)cc2)CCCNC1. The molecule has 1 aromatic carbocycles. The zero-order valence-corrected chi connectivity index (χ0v) is 12.0. The Balaban J connectivity index is 1.96. The summed E-state index contributed by atoms with van der Waals surface area (Å²) in [4.78, 5) is 0.142. The average molecular weight is 283 g/mol. The van der Waals surface area contributed by atoms with Crippen molar-refractivity contribution in [2.75, 3.05) is 25.0 Å². The Labute approximate surface area is 114 Å². The molecule has 1 fully saturated rings. The van der Waals surface area contributed by atoms with E-state index in [1.54, 1.807) is 12.1 Å². The van der Waals surface area contributed by atoms with E-state index in [1.165, 1.54) is 25.0 Å². The number of primary sulfonamides is 1. The molecule has 1 heterocycles. The van der Waals surface area contributed by atoms with Crippen molar-refractivity contribution in [2.45, 2.75) is 24.7 Å². The second-order valence-corrected chi connectivity index (χ2v) is 7.08. The standard InChI is InChI=1S/C13H21N3O2S/c1-13(7-2-8-15-9-13)10-16-11-3-5-12(6-4-11)19(14,17)18/h3-6,15-16H,2,7-10H2,1H3,(H2,14,17,18). The fraction of sp³-hybridized carbons (Fsp3) is 0.538. The second-order valence-electron chi connectivity index (χ2n) is 5.51. The maximum atomic E-state index is 11.1. The minimum absolute atomic E-state index is 0.142. The monoisotopic (exact) mass is 283 g/mol. The fourth-order valence-corrected chi connectivity index (χ4v) is 2.86. The molecule has 1 saturated heterocycles. The van der Waals surface area contributed by atoms with Gasteiger partial charge in [-0.25, -0.2) is 13.6 Å². The van der Waals surface area contributed by atoms with Crippen molar-refractivity contribution in [3.05, 3.63) is 24.3 Å². The van der Waals surface area contributed by atoms with Gasteiger partial charge in [0.2, 0.25) is 10.0 Å². The van der Waals surface area contributed by atoms with Crippen molar-refractivity contribution in [1.82, 2.24) is 5.32 Å². The summed E-state index contributed by atoms with van der Waals surface area (Å²) in [5.74, 6) is 0. The summed E-state index contributed by atoms with van der Waals surface area (Å²) in [6, 6.07) is 6.55. The van der Waals surface area contributed by atoms with Crippen molar-refractivity contribution < 1.29 is 8.42 Å². The van der Waals surface area contributed by atoms with Gasteiger partial charge in [0.25, 0.3) is 0 Å². The van der Waals surface area contributed by atoms with E-state index < -0.39 is 10.0 Å². The summed E-state index contributed by atoms with van der Waals surface area (Å²) < 4.78 is 22.3. The maximum Gasteiger partial charge on any atom is 0.238 e. The maximum absolute atomic E-state index is 11.1. The van der Waals surface area contributed by atoms with Crippen LogP contribution >= 0.6 is 0 Å². The quantitative estimate of drug-likeness (QED) is 0.773. The first-order valence-corrected chi connectivity index (χ1v) is 8.01. The Kier molecular flexibility index (Phi) is 4.13. The van der Waals surface area contributed by atoms with Gasteiger partial charge in [0, 0.05) is 18.8 Å². The van der Waals surface area contributed by atoms with Crippen LogP contribution in [0.3, 0.4) is 0 Å². The molecule has 2 rings (SSSR count). The van der Waals surface area contributed by atoms with Crippen LogP contribution in [0.2, 0.25) is 0 Å². The number of anilines is 1. The van der Waals surface area contributed by atoms with E-state index in [0.29, 0.717) is 0 Å². The zero-order chi connectivity index (χ0) is 13.9. The molecule has 1 unspecified atom stereocenters. The van der Waals surface area contributed by atoms with E-state index in [4.69, 9.17) is 5.14 Å². The average Bonchev–Trinajstić information content (AvgIpc) is 2.37. The zero-order valence-electron chi connectivity index (χ0n) is 11.1. The predicted octanol–water partition coefficient (Wildman–Crippen LogP) is 1.14. The first-order valence-electron chi connectivity index (χ1n) is 6.47. The molecule has 0 aromatic heterocycles. The van der Waals surface area contributed by atoms with Gasteiger partial charge in [0.05, 0.1) is 4.90 Å². The Morgan fingerprint density at radius 1 is 1.37 bits per heavy atom. The fourth-order valence-electron chi connectivity index (χ4n) is 2.35. The summed E-state index contributed by atoms with van der Waals surface area (Å²) in [6.07, 6.45) is 2.39. The topological polar surface area (TPSA) is 84.2 Å². The van der Waals surface area contributed by atoms with Crippen molar-refractivity contribution in [1.29, 1.82) is 0 Å². The minimum atomic E-state index is -3.60. The van der Waals surface area contributed by atoms with Gasteiger partial charge in [-0.2, -0.15) is 0 Å². The first-order chi connectivity index (χ1) is 8.89.